The summed E-state index contributed by atoms with van der Waals surface area (Å²) >= 11 is 0. The molecule has 6 nitrogen and oxygen atoms in total. The second kappa shape index (κ2) is 10.0. The number of fused-ring (bicyclic) bond motifs is 1. The van der Waals surface area contributed by atoms with Gasteiger partial charge in [0.15, 0.2) is 15.6 Å². The Morgan fingerprint density at radius 2 is 1.81 bits per heavy atom. The molecule has 1 aromatic heterocycles. The Labute approximate surface area is 183 Å². The molecule has 2 N–H and O–H groups in total. The maximum absolute atomic E-state index is 12.6. The van der Waals surface area contributed by atoms with Crippen molar-refractivity contribution in [2.45, 2.75) is 39.7 Å². The van der Waals surface area contributed by atoms with E-state index in [9.17, 15) is 18.3 Å². The highest BCUT2D eigenvalue weighted by molar-refractivity contribution is 7.91. The normalized spacial score (nSPS) is 11.6. The summed E-state index contributed by atoms with van der Waals surface area (Å²) in [6, 6.07) is 13.2. The first kappa shape index (κ1) is 22.9. The third-order valence-corrected chi connectivity index (χ3v) is 7.08. The zero-order valence-electron chi connectivity index (χ0n) is 17.9. The minimum absolute atomic E-state index is 0.0157. The molecule has 164 valence electrons. The number of aliphatic hydroxyl groups is 1. The number of hydrogen-bond acceptors (Lipinski definition) is 6. The van der Waals surface area contributed by atoms with Crippen molar-refractivity contribution in [2.75, 3.05) is 16.8 Å². The summed E-state index contributed by atoms with van der Waals surface area (Å²) in [6.07, 6.45) is 2.77. The molecule has 0 atom stereocenters. The summed E-state index contributed by atoms with van der Waals surface area (Å²) in [4.78, 5) is 17.1. The van der Waals surface area contributed by atoms with E-state index >= 15 is 0 Å². The van der Waals surface area contributed by atoms with Crippen molar-refractivity contribution >= 4 is 37.9 Å². The van der Waals surface area contributed by atoms with Crippen LogP contribution in [0.1, 0.15) is 48.2 Å². The minimum Gasteiger partial charge on any atom is -0.392 e. The van der Waals surface area contributed by atoms with Crippen molar-refractivity contribution in [3.8, 4) is 0 Å². The first-order valence-electron chi connectivity index (χ1n) is 10.5. The number of carbonyl (C=O) groups excluding carboxylic acids is 1. The molecule has 0 spiro atoms. The number of pyridine rings is 1. The lowest BCUT2D eigenvalue weighted by Crippen LogP contribution is -2.13. The van der Waals surface area contributed by atoms with E-state index in [0.717, 1.165) is 16.6 Å². The highest BCUT2D eigenvalue weighted by Crippen LogP contribution is 2.32. The van der Waals surface area contributed by atoms with Gasteiger partial charge >= 0.3 is 0 Å². The summed E-state index contributed by atoms with van der Waals surface area (Å²) in [5.74, 6) is 0.125. The molecule has 0 saturated carbocycles. The lowest BCUT2D eigenvalue weighted by molar-refractivity contribution is 0.0988. The molecule has 2 aromatic carbocycles. The van der Waals surface area contributed by atoms with Gasteiger partial charge in [-0.25, -0.2) is 8.42 Å². The Bertz CT molecular complexity index is 1180. The third kappa shape index (κ3) is 5.48. The Balaban J connectivity index is 2.13. The fourth-order valence-corrected chi connectivity index (χ4v) is 4.94. The number of Topliss-reactive ketones (excluding diaryl/α,β-unsaturated/α-hetero) is 1. The molecule has 0 fully saturated rings. The molecule has 7 heteroatoms. The van der Waals surface area contributed by atoms with Gasteiger partial charge in [-0.1, -0.05) is 32.0 Å². The lowest BCUT2D eigenvalue weighted by atomic mass is 9.98. The van der Waals surface area contributed by atoms with Crippen LogP contribution < -0.4 is 5.32 Å². The number of nitrogens with one attached hydrogen (secondary N) is 1. The van der Waals surface area contributed by atoms with E-state index in [2.05, 4.69) is 10.3 Å². The van der Waals surface area contributed by atoms with E-state index < -0.39 is 9.84 Å². The van der Waals surface area contributed by atoms with E-state index in [1.54, 1.807) is 19.2 Å². The number of benzene rings is 2. The van der Waals surface area contributed by atoms with E-state index in [0.29, 0.717) is 41.6 Å². The Kier molecular flexibility index (Phi) is 7.41. The number of aromatic nitrogens is 1. The number of aliphatic hydroxyl groups excluding tert-OH is 1. The Morgan fingerprint density at radius 1 is 1.06 bits per heavy atom. The van der Waals surface area contributed by atoms with Crippen LogP contribution in [0.2, 0.25) is 0 Å². The second-order valence-corrected chi connectivity index (χ2v) is 9.82. The SMILES string of the molecule is CCCS(=O)(=O)CCc1cc2c(Nc3ccccc3)c(C(=O)CC)cnc2cc1CO. The Hall–Kier alpha value is -2.77. The predicted molar refractivity (Wildman–Crippen MR) is 125 cm³/mol. The fourth-order valence-electron chi connectivity index (χ4n) is 3.59. The number of sulfone groups is 1. The van der Waals surface area contributed by atoms with Crippen LogP contribution in [0, 0.1) is 0 Å². The van der Waals surface area contributed by atoms with Gasteiger partial charge in [0.1, 0.15) is 0 Å². The van der Waals surface area contributed by atoms with Crippen molar-refractivity contribution in [2.24, 2.45) is 0 Å². The average molecular weight is 441 g/mol. The van der Waals surface area contributed by atoms with Gasteiger partial charge in [0.05, 0.1) is 29.1 Å². The molecule has 0 aliphatic carbocycles. The van der Waals surface area contributed by atoms with Gasteiger partial charge in [0.25, 0.3) is 0 Å². The number of rotatable bonds is 10. The topological polar surface area (TPSA) is 96.4 Å². The smallest absolute Gasteiger partial charge is 0.166 e. The predicted octanol–water partition coefficient (Wildman–Crippen LogP) is 4.43. The van der Waals surface area contributed by atoms with E-state index in [1.165, 1.54) is 0 Å². The number of carbonyl (C=O) groups is 1. The largest absolute Gasteiger partial charge is 0.392 e. The van der Waals surface area contributed by atoms with Gasteiger partial charge in [0, 0.05) is 29.4 Å². The number of para-hydroxylation sites is 1. The van der Waals surface area contributed by atoms with Gasteiger partial charge in [-0.15, -0.1) is 0 Å². The lowest BCUT2D eigenvalue weighted by Gasteiger charge is -2.16. The molecule has 3 aromatic rings. The van der Waals surface area contributed by atoms with E-state index in [4.69, 9.17) is 0 Å². The fraction of sp³-hybridized carbons (Fsp3) is 0.333. The zero-order chi connectivity index (χ0) is 22.4. The highest BCUT2D eigenvalue weighted by atomic mass is 32.2. The number of nitrogens with zero attached hydrogens (tertiary/aromatic N) is 1. The molecular formula is C24H28N2O4S. The minimum atomic E-state index is -3.16. The molecule has 0 aliphatic heterocycles. The van der Waals surface area contributed by atoms with Crippen molar-refractivity contribution in [1.29, 1.82) is 0 Å². The summed E-state index contributed by atoms with van der Waals surface area (Å²) in [5.41, 5.74) is 3.99. The molecule has 0 bridgehead atoms. The van der Waals surface area contributed by atoms with Gasteiger partial charge in [-0.3, -0.25) is 9.78 Å². The average Bonchev–Trinajstić information content (AvgIpc) is 2.77. The first-order chi connectivity index (χ1) is 14.9. The van der Waals surface area contributed by atoms with Crippen LogP contribution in [0.4, 0.5) is 11.4 Å². The molecular weight excluding hydrogens is 412 g/mol. The summed E-state index contributed by atoms with van der Waals surface area (Å²) in [7, 11) is -3.16. The zero-order valence-corrected chi connectivity index (χ0v) is 18.7. The van der Waals surface area contributed by atoms with Crippen LogP contribution >= 0.6 is 0 Å². The van der Waals surface area contributed by atoms with Crippen LogP contribution in [0.25, 0.3) is 10.9 Å². The second-order valence-electron chi connectivity index (χ2n) is 7.51. The monoisotopic (exact) mass is 440 g/mol. The van der Waals surface area contributed by atoms with Crippen molar-refractivity contribution in [3.05, 3.63) is 65.4 Å². The van der Waals surface area contributed by atoms with Crippen LogP contribution in [0.3, 0.4) is 0 Å². The number of anilines is 2. The van der Waals surface area contributed by atoms with Gasteiger partial charge in [-0.2, -0.15) is 0 Å². The van der Waals surface area contributed by atoms with Crippen LogP contribution in [-0.2, 0) is 22.9 Å². The molecule has 0 saturated heterocycles. The third-order valence-electron chi connectivity index (χ3n) is 5.22. The van der Waals surface area contributed by atoms with E-state index in [1.807, 2.05) is 43.3 Å². The molecule has 0 unspecified atom stereocenters. The summed E-state index contributed by atoms with van der Waals surface area (Å²) in [6.45, 7) is 3.43. The maximum Gasteiger partial charge on any atom is 0.166 e. The molecule has 0 radical (unpaired) electrons. The molecule has 3 rings (SSSR count). The first-order valence-corrected chi connectivity index (χ1v) is 12.3. The quantitative estimate of drug-likeness (QED) is 0.453. The number of hydrogen-bond donors (Lipinski definition) is 2. The van der Waals surface area contributed by atoms with Crippen molar-refractivity contribution < 1.29 is 18.3 Å². The van der Waals surface area contributed by atoms with Crippen LogP contribution in [0.5, 0.6) is 0 Å². The van der Waals surface area contributed by atoms with Crippen molar-refractivity contribution in [1.82, 2.24) is 4.98 Å². The molecule has 1 heterocycles. The van der Waals surface area contributed by atoms with E-state index in [-0.39, 0.29) is 23.9 Å². The summed E-state index contributed by atoms with van der Waals surface area (Å²) in [5, 5.41) is 13.9. The van der Waals surface area contributed by atoms with Crippen LogP contribution in [-0.4, -0.2) is 35.8 Å². The van der Waals surface area contributed by atoms with Gasteiger partial charge < -0.3 is 10.4 Å². The Morgan fingerprint density at radius 3 is 2.45 bits per heavy atom. The maximum atomic E-state index is 12.6. The number of aryl methyl sites for hydroxylation is 1. The van der Waals surface area contributed by atoms with Crippen LogP contribution in [0.15, 0.2) is 48.7 Å². The standard InChI is InChI=1S/C24H28N2O4S/c1-3-11-31(29,30)12-10-17-13-20-22(14-18(17)16-27)25-15-21(23(28)4-2)24(20)26-19-8-6-5-7-9-19/h5-9,13-15,27H,3-4,10-12,16H2,1-2H3,(H,25,26). The number of ketones is 1. The summed E-state index contributed by atoms with van der Waals surface area (Å²) < 4.78 is 24.5. The highest BCUT2D eigenvalue weighted by Gasteiger charge is 2.18. The van der Waals surface area contributed by atoms with Gasteiger partial charge in [-0.05, 0) is 48.2 Å². The molecule has 0 aliphatic rings. The molecule has 0 amide bonds. The van der Waals surface area contributed by atoms with Gasteiger partial charge in [0.2, 0.25) is 0 Å². The van der Waals surface area contributed by atoms with Crippen molar-refractivity contribution in [3.63, 3.8) is 0 Å². The molecule has 31 heavy (non-hydrogen) atoms.